The van der Waals surface area contributed by atoms with Gasteiger partial charge in [-0.1, -0.05) is 6.58 Å². The van der Waals surface area contributed by atoms with Gasteiger partial charge in [-0.3, -0.25) is 4.90 Å². The van der Waals surface area contributed by atoms with E-state index >= 15 is 0 Å². The van der Waals surface area contributed by atoms with Crippen molar-refractivity contribution >= 4 is 5.97 Å². The summed E-state index contributed by atoms with van der Waals surface area (Å²) in [5.41, 5.74) is 0. The molecule has 1 aliphatic heterocycles. The van der Waals surface area contributed by atoms with Crippen molar-refractivity contribution in [3.8, 4) is 0 Å². The minimum absolute atomic E-state index is 0.0273. The molecule has 0 bridgehead atoms. The first-order valence-corrected chi connectivity index (χ1v) is 3.77. The normalized spacial score (nSPS) is 25.0. The topological polar surface area (TPSA) is 29.5 Å². The second-order valence-corrected chi connectivity index (χ2v) is 2.72. The summed E-state index contributed by atoms with van der Waals surface area (Å²) in [6.45, 7) is 4.34. The molecule has 3 heteroatoms. The van der Waals surface area contributed by atoms with Crippen LogP contribution in [0, 0.1) is 0 Å². The van der Waals surface area contributed by atoms with Crippen LogP contribution in [-0.2, 0) is 9.53 Å². The van der Waals surface area contributed by atoms with Gasteiger partial charge in [0.15, 0.2) is 6.23 Å². The number of carbonyl (C=O) groups is 1. The number of rotatable bonds is 2. The molecule has 62 valence electrons. The van der Waals surface area contributed by atoms with Gasteiger partial charge in [-0.15, -0.1) is 0 Å². The van der Waals surface area contributed by atoms with Crippen LogP contribution in [0.5, 0.6) is 0 Å². The third kappa shape index (κ3) is 2.05. The molecule has 0 aromatic rings. The van der Waals surface area contributed by atoms with Crippen molar-refractivity contribution in [2.45, 2.75) is 19.1 Å². The highest BCUT2D eigenvalue weighted by Gasteiger charge is 2.23. The lowest BCUT2D eigenvalue weighted by molar-refractivity contribution is -0.149. The third-order valence-corrected chi connectivity index (χ3v) is 1.87. The molecule has 1 rings (SSSR count). The van der Waals surface area contributed by atoms with E-state index in [1.165, 1.54) is 6.08 Å². The summed E-state index contributed by atoms with van der Waals surface area (Å²) >= 11 is 0. The van der Waals surface area contributed by atoms with Crippen LogP contribution >= 0.6 is 0 Å². The minimum Gasteiger partial charge on any atom is -0.443 e. The average molecular weight is 155 g/mol. The number of ether oxygens (including phenoxy) is 1. The van der Waals surface area contributed by atoms with Crippen LogP contribution in [0.1, 0.15) is 12.8 Å². The lowest BCUT2D eigenvalue weighted by Gasteiger charge is -2.18. The Labute approximate surface area is 66.6 Å². The maximum atomic E-state index is 10.7. The predicted octanol–water partition coefficient (Wildman–Crippen LogP) is 0.767. The minimum atomic E-state index is -0.330. The average Bonchev–Trinajstić information content (AvgIpc) is 2.37. The fourth-order valence-corrected chi connectivity index (χ4v) is 1.21. The number of esters is 1. The Morgan fingerprint density at radius 1 is 1.82 bits per heavy atom. The van der Waals surface area contributed by atoms with Crippen molar-refractivity contribution in [2.75, 3.05) is 13.6 Å². The van der Waals surface area contributed by atoms with E-state index in [0.717, 1.165) is 19.4 Å². The van der Waals surface area contributed by atoms with E-state index in [-0.39, 0.29) is 12.2 Å². The van der Waals surface area contributed by atoms with E-state index in [1.807, 2.05) is 11.9 Å². The Morgan fingerprint density at radius 3 is 3.00 bits per heavy atom. The first-order valence-electron chi connectivity index (χ1n) is 3.77. The van der Waals surface area contributed by atoms with Crippen LogP contribution in [0.2, 0.25) is 0 Å². The molecule has 1 fully saturated rings. The van der Waals surface area contributed by atoms with E-state index in [1.54, 1.807) is 0 Å². The second-order valence-electron chi connectivity index (χ2n) is 2.72. The van der Waals surface area contributed by atoms with Gasteiger partial charge in [0.2, 0.25) is 0 Å². The number of carbonyl (C=O) groups excluding carboxylic acids is 1. The van der Waals surface area contributed by atoms with Gasteiger partial charge in [0, 0.05) is 12.6 Å². The molecule has 0 aromatic carbocycles. The lowest BCUT2D eigenvalue weighted by Crippen LogP contribution is -2.29. The zero-order valence-corrected chi connectivity index (χ0v) is 6.75. The first kappa shape index (κ1) is 8.27. The quantitative estimate of drug-likeness (QED) is 0.435. The van der Waals surface area contributed by atoms with E-state index in [4.69, 9.17) is 4.74 Å². The Balaban J connectivity index is 2.36. The van der Waals surface area contributed by atoms with E-state index in [9.17, 15) is 4.79 Å². The fraction of sp³-hybridized carbons (Fsp3) is 0.625. The zero-order valence-electron chi connectivity index (χ0n) is 6.75. The van der Waals surface area contributed by atoms with Crippen molar-refractivity contribution in [1.29, 1.82) is 0 Å². The Kier molecular flexibility index (Phi) is 2.65. The van der Waals surface area contributed by atoms with Crippen LogP contribution in [-0.4, -0.2) is 30.7 Å². The van der Waals surface area contributed by atoms with Gasteiger partial charge in [0.05, 0.1) is 0 Å². The second kappa shape index (κ2) is 3.53. The molecular weight excluding hydrogens is 142 g/mol. The molecule has 0 spiro atoms. The predicted molar refractivity (Wildman–Crippen MR) is 41.9 cm³/mol. The Hall–Kier alpha value is -0.830. The lowest BCUT2D eigenvalue weighted by atomic mass is 10.4. The molecule has 1 aliphatic rings. The maximum Gasteiger partial charge on any atom is 0.331 e. The number of hydrogen-bond donors (Lipinski definition) is 0. The summed E-state index contributed by atoms with van der Waals surface area (Å²) in [6, 6.07) is 0. The molecule has 1 saturated heterocycles. The Morgan fingerprint density at radius 2 is 2.55 bits per heavy atom. The van der Waals surface area contributed by atoms with Gasteiger partial charge in [-0.25, -0.2) is 4.79 Å². The molecule has 1 atom stereocenters. The van der Waals surface area contributed by atoms with Crippen molar-refractivity contribution in [1.82, 2.24) is 4.90 Å². The van der Waals surface area contributed by atoms with E-state index in [2.05, 4.69) is 6.58 Å². The number of nitrogens with zero attached hydrogens (tertiary/aromatic N) is 1. The molecular formula is C8H13NO2. The van der Waals surface area contributed by atoms with Gasteiger partial charge in [0.25, 0.3) is 0 Å². The molecule has 0 aliphatic carbocycles. The largest absolute Gasteiger partial charge is 0.443 e. The molecule has 0 radical (unpaired) electrons. The van der Waals surface area contributed by atoms with E-state index < -0.39 is 0 Å². The number of hydrogen-bond acceptors (Lipinski definition) is 3. The molecule has 11 heavy (non-hydrogen) atoms. The van der Waals surface area contributed by atoms with Crippen LogP contribution in [0.25, 0.3) is 0 Å². The van der Waals surface area contributed by atoms with Gasteiger partial charge in [0.1, 0.15) is 0 Å². The van der Waals surface area contributed by atoms with Crippen molar-refractivity contribution in [3.63, 3.8) is 0 Å². The summed E-state index contributed by atoms with van der Waals surface area (Å²) in [7, 11) is 1.95. The van der Waals surface area contributed by atoms with Crippen LogP contribution < -0.4 is 0 Å². The molecule has 0 aromatic heterocycles. The molecule has 1 heterocycles. The van der Waals surface area contributed by atoms with Gasteiger partial charge in [-0.05, 0) is 19.9 Å². The molecule has 3 nitrogen and oxygen atoms in total. The molecule has 0 amide bonds. The SMILES string of the molecule is C=CC(=O)OC1CCCN1C. The third-order valence-electron chi connectivity index (χ3n) is 1.87. The van der Waals surface area contributed by atoms with Crippen molar-refractivity contribution < 1.29 is 9.53 Å². The van der Waals surface area contributed by atoms with Crippen LogP contribution in [0.3, 0.4) is 0 Å². The summed E-state index contributed by atoms with van der Waals surface area (Å²) < 4.78 is 5.04. The van der Waals surface area contributed by atoms with Crippen LogP contribution in [0.15, 0.2) is 12.7 Å². The van der Waals surface area contributed by atoms with Crippen LogP contribution in [0.4, 0.5) is 0 Å². The highest BCUT2D eigenvalue weighted by atomic mass is 16.6. The Bertz CT molecular complexity index is 167. The highest BCUT2D eigenvalue weighted by Crippen LogP contribution is 2.15. The number of likely N-dealkylation sites (tertiary alicyclic amines) is 1. The highest BCUT2D eigenvalue weighted by molar-refractivity contribution is 5.81. The molecule has 1 unspecified atom stereocenters. The standard InChI is InChI=1S/C8H13NO2/c1-3-8(10)11-7-5-4-6-9(7)2/h3,7H,1,4-6H2,2H3. The molecule has 0 saturated carbocycles. The maximum absolute atomic E-state index is 10.7. The summed E-state index contributed by atoms with van der Waals surface area (Å²) in [6.07, 6.45) is 3.22. The fourth-order valence-electron chi connectivity index (χ4n) is 1.21. The summed E-state index contributed by atoms with van der Waals surface area (Å²) in [5.74, 6) is -0.330. The van der Waals surface area contributed by atoms with E-state index in [0.29, 0.717) is 0 Å². The van der Waals surface area contributed by atoms with Crippen molar-refractivity contribution in [2.24, 2.45) is 0 Å². The van der Waals surface area contributed by atoms with Gasteiger partial charge >= 0.3 is 5.97 Å². The van der Waals surface area contributed by atoms with Gasteiger partial charge in [-0.2, -0.15) is 0 Å². The summed E-state index contributed by atoms with van der Waals surface area (Å²) in [5, 5.41) is 0. The summed E-state index contributed by atoms with van der Waals surface area (Å²) in [4.78, 5) is 12.8. The monoisotopic (exact) mass is 155 g/mol. The smallest absolute Gasteiger partial charge is 0.331 e. The zero-order chi connectivity index (χ0) is 8.27. The molecule has 0 N–H and O–H groups in total. The van der Waals surface area contributed by atoms with Gasteiger partial charge < -0.3 is 4.74 Å². The van der Waals surface area contributed by atoms with Crippen molar-refractivity contribution in [3.05, 3.63) is 12.7 Å². The first-order chi connectivity index (χ1) is 5.24.